The van der Waals surface area contributed by atoms with E-state index in [0.717, 1.165) is 5.56 Å². The second-order valence-electron chi connectivity index (χ2n) is 19.2. The number of aromatic nitrogens is 4. The quantitative estimate of drug-likeness (QED) is 0.0501. The molecule has 3 aromatic rings. The van der Waals surface area contributed by atoms with Crippen molar-refractivity contribution in [2.24, 2.45) is 23.5 Å². The molecule has 378 valence electrons. The molecule has 3 heterocycles. The van der Waals surface area contributed by atoms with Crippen LogP contribution in [-0.4, -0.2) is 132 Å². The molecule has 0 radical (unpaired) electrons. The monoisotopic (exact) mass is 961 g/mol. The number of aliphatic hydroxyl groups is 1. The lowest BCUT2D eigenvalue weighted by Gasteiger charge is -2.31. The number of rotatable bonds is 27. The molecule has 11 N–H and O–H groups in total. The van der Waals surface area contributed by atoms with Gasteiger partial charge in [-0.2, -0.15) is 0 Å². The van der Waals surface area contributed by atoms with Gasteiger partial charge in [0.1, 0.15) is 36.3 Å². The lowest BCUT2D eigenvalue weighted by molar-refractivity contribution is -0.142. The molecule has 1 saturated heterocycles. The van der Waals surface area contributed by atoms with E-state index in [1.165, 1.54) is 30.7 Å². The van der Waals surface area contributed by atoms with Crippen LogP contribution in [0, 0.1) is 17.8 Å². The van der Waals surface area contributed by atoms with Gasteiger partial charge in [-0.1, -0.05) is 71.9 Å². The van der Waals surface area contributed by atoms with Crippen molar-refractivity contribution in [2.45, 2.75) is 155 Å². The summed E-state index contributed by atoms with van der Waals surface area (Å²) >= 11 is 0. The Balaban J connectivity index is 1.48. The van der Waals surface area contributed by atoms with Crippen molar-refractivity contribution in [2.75, 3.05) is 6.54 Å². The van der Waals surface area contributed by atoms with Gasteiger partial charge in [-0.25, -0.2) is 9.97 Å². The van der Waals surface area contributed by atoms with Crippen LogP contribution in [0.15, 0.2) is 55.4 Å². The lowest BCUT2D eigenvalue weighted by atomic mass is 9.95. The highest BCUT2D eigenvalue weighted by atomic mass is 16.3. The molecule has 8 atom stereocenters. The zero-order valence-electron chi connectivity index (χ0n) is 40.8. The van der Waals surface area contributed by atoms with Crippen LogP contribution in [0.25, 0.3) is 0 Å². The molecule has 0 saturated carbocycles. The minimum absolute atomic E-state index is 0.0514. The second-order valence-corrected chi connectivity index (χ2v) is 19.2. The highest BCUT2D eigenvalue weighted by molar-refractivity contribution is 5.96. The van der Waals surface area contributed by atoms with Crippen molar-refractivity contribution in [3.63, 3.8) is 0 Å². The standard InChI is InChI=1S/C48H72N12O9/c1-27(2)16-34(41(62)22-42(63)55-36(17-28(3)4)44(65)57-35(43(49)64)19-31-12-9-8-10-13-31)56-46(67)38(20-32-23-50-25-52-32)58-45(66)37(18-29(5)6)59-47(68)40-14-11-15-60(40)48(69)39(54-30(7)61)21-33-24-51-26-53-33/h8-10,12-13,23-29,34-41,62H,11,14-22H2,1-7H3,(H2,49,64)(H,50,52)(H,51,53)(H,54,61)(H,55,63)(H,56,67)(H,57,65)(H,58,66)(H,59,68)/t34-,35-,36-,37+,38-,39-,40+,41-/m0/s1. The molecule has 1 aromatic carbocycles. The molecule has 21 heteroatoms. The molecular formula is C48H72N12O9. The van der Waals surface area contributed by atoms with Gasteiger partial charge in [0.05, 0.1) is 31.2 Å². The van der Waals surface area contributed by atoms with Crippen LogP contribution in [0.5, 0.6) is 0 Å². The summed E-state index contributed by atoms with van der Waals surface area (Å²) in [5.74, 6) is -5.04. The number of nitrogens with zero attached hydrogens (tertiary/aromatic N) is 3. The fourth-order valence-corrected chi connectivity index (χ4v) is 8.37. The third kappa shape index (κ3) is 18.1. The number of aromatic amines is 2. The van der Waals surface area contributed by atoms with Gasteiger partial charge in [0, 0.05) is 56.5 Å². The van der Waals surface area contributed by atoms with E-state index < -0.39 is 102 Å². The minimum atomic E-state index is -1.44. The van der Waals surface area contributed by atoms with Crippen LogP contribution in [0.2, 0.25) is 0 Å². The Morgan fingerprint density at radius 3 is 1.74 bits per heavy atom. The number of benzene rings is 1. The SMILES string of the molecule is CC(=O)N[C@@H](Cc1cnc[nH]1)C(=O)N1CCC[C@@H]1C(=O)N[C@H](CC(C)C)C(=O)N[C@@H](Cc1cnc[nH]1)C(=O)N[C@@H](CC(C)C)[C@@H](O)CC(=O)N[C@@H](CC(C)C)C(=O)N[C@@H](Cc1ccccc1)C(N)=O. The Labute approximate surface area is 403 Å². The van der Waals surface area contributed by atoms with E-state index in [-0.39, 0.29) is 62.8 Å². The minimum Gasteiger partial charge on any atom is -0.390 e. The van der Waals surface area contributed by atoms with Crippen LogP contribution in [0.4, 0.5) is 0 Å². The summed E-state index contributed by atoms with van der Waals surface area (Å²) in [6.45, 7) is 12.8. The largest absolute Gasteiger partial charge is 0.390 e. The number of nitrogens with two attached hydrogens (primary N) is 1. The van der Waals surface area contributed by atoms with Crippen molar-refractivity contribution in [3.05, 3.63) is 72.3 Å². The van der Waals surface area contributed by atoms with Gasteiger partial charge in [-0.3, -0.25) is 38.4 Å². The van der Waals surface area contributed by atoms with Gasteiger partial charge in [-0.05, 0) is 55.4 Å². The number of carbonyl (C=O) groups excluding carboxylic acids is 8. The Kier molecular flexibility index (Phi) is 21.3. The number of likely N-dealkylation sites (tertiary alicyclic amines) is 1. The molecule has 0 spiro atoms. The normalized spacial score (nSPS) is 16.7. The molecule has 8 amide bonds. The second kappa shape index (κ2) is 26.8. The molecule has 0 unspecified atom stereocenters. The molecule has 0 bridgehead atoms. The van der Waals surface area contributed by atoms with Crippen LogP contribution in [-0.2, 0) is 57.6 Å². The number of amides is 8. The predicted molar refractivity (Wildman–Crippen MR) is 255 cm³/mol. The number of aliphatic hydroxyl groups excluding tert-OH is 1. The third-order valence-electron chi connectivity index (χ3n) is 11.7. The molecular weight excluding hydrogens is 889 g/mol. The molecule has 21 nitrogen and oxygen atoms in total. The highest BCUT2D eigenvalue weighted by Gasteiger charge is 2.40. The van der Waals surface area contributed by atoms with Gasteiger partial charge >= 0.3 is 0 Å². The predicted octanol–water partition coefficient (Wildman–Crippen LogP) is 0.455. The molecule has 0 aliphatic carbocycles. The van der Waals surface area contributed by atoms with Gasteiger partial charge in [0.2, 0.25) is 47.3 Å². The van der Waals surface area contributed by atoms with E-state index >= 15 is 0 Å². The molecule has 1 fully saturated rings. The zero-order chi connectivity index (χ0) is 50.8. The summed E-state index contributed by atoms with van der Waals surface area (Å²) in [5.41, 5.74) is 7.54. The number of imidazole rings is 2. The zero-order valence-corrected chi connectivity index (χ0v) is 40.8. The van der Waals surface area contributed by atoms with Crippen LogP contribution < -0.4 is 37.6 Å². The fraction of sp³-hybridized carbons (Fsp3) is 0.583. The first-order valence-electron chi connectivity index (χ1n) is 23.7. The summed E-state index contributed by atoms with van der Waals surface area (Å²) in [6, 6.07) is 1.64. The van der Waals surface area contributed by atoms with Crippen molar-refractivity contribution in [1.82, 2.24) is 56.7 Å². The first-order chi connectivity index (χ1) is 32.7. The van der Waals surface area contributed by atoms with Crippen molar-refractivity contribution in [1.29, 1.82) is 0 Å². The maximum absolute atomic E-state index is 14.3. The average Bonchev–Trinajstić information content (AvgIpc) is 4.09. The topological polar surface area (TPSA) is 316 Å². The molecule has 69 heavy (non-hydrogen) atoms. The molecule has 2 aromatic heterocycles. The number of hydrogen-bond acceptors (Lipinski definition) is 11. The first-order valence-corrected chi connectivity index (χ1v) is 23.7. The Bertz CT molecular complexity index is 2150. The summed E-state index contributed by atoms with van der Waals surface area (Å²) in [4.78, 5) is 123. The highest BCUT2D eigenvalue weighted by Crippen LogP contribution is 2.21. The van der Waals surface area contributed by atoms with Gasteiger partial charge in [0.25, 0.3) is 0 Å². The number of primary amides is 1. The molecule has 1 aliphatic rings. The summed E-state index contributed by atoms with van der Waals surface area (Å²) < 4.78 is 0. The lowest BCUT2D eigenvalue weighted by Crippen LogP contribution is -2.59. The summed E-state index contributed by atoms with van der Waals surface area (Å²) in [6.07, 6.45) is 5.65. The van der Waals surface area contributed by atoms with E-state index in [9.17, 15) is 43.5 Å². The number of H-pyrrole nitrogens is 2. The molecule has 1 aliphatic heterocycles. The van der Waals surface area contributed by atoms with E-state index in [1.807, 2.05) is 47.6 Å². The summed E-state index contributed by atoms with van der Waals surface area (Å²) in [7, 11) is 0. The van der Waals surface area contributed by atoms with E-state index in [0.29, 0.717) is 24.2 Å². The maximum atomic E-state index is 14.3. The first kappa shape index (κ1) is 55.0. The van der Waals surface area contributed by atoms with E-state index in [4.69, 9.17) is 5.73 Å². The number of nitrogens with one attached hydrogen (secondary N) is 8. The van der Waals surface area contributed by atoms with E-state index in [2.05, 4.69) is 51.8 Å². The van der Waals surface area contributed by atoms with Crippen molar-refractivity contribution in [3.8, 4) is 0 Å². The van der Waals surface area contributed by atoms with Crippen LogP contribution in [0.3, 0.4) is 0 Å². The van der Waals surface area contributed by atoms with Crippen LogP contribution >= 0.6 is 0 Å². The average molecular weight is 961 g/mol. The maximum Gasteiger partial charge on any atom is 0.246 e. The Morgan fingerprint density at radius 1 is 0.681 bits per heavy atom. The van der Waals surface area contributed by atoms with Crippen LogP contribution in [0.1, 0.15) is 104 Å². The number of carbonyl (C=O) groups is 8. The Hall–Kier alpha value is -6.64. The van der Waals surface area contributed by atoms with E-state index in [1.54, 1.807) is 30.5 Å². The van der Waals surface area contributed by atoms with Gasteiger partial charge in [-0.15, -0.1) is 0 Å². The Morgan fingerprint density at radius 2 is 1.22 bits per heavy atom. The third-order valence-corrected chi connectivity index (χ3v) is 11.7. The van der Waals surface area contributed by atoms with Crippen molar-refractivity contribution < 1.29 is 43.5 Å². The van der Waals surface area contributed by atoms with Crippen molar-refractivity contribution >= 4 is 47.3 Å². The van der Waals surface area contributed by atoms with Gasteiger partial charge < -0.3 is 57.6 Å². The summed E-state index contributed by atoms with van der Waals surface area (Å²) in [5, 5.41) is 28.1. The number of hydrogen-bond donors (Lipinski definition) is 10. The molecule has 4 rings (SSSR count). The fourth-order valence-electron chi connectivity index (χ4n) is 8.37. The smallest absolute Gasteiger partial charge is 0.246 e. The van der Waals surface area contributed by atoms with Gasteiger partial charge in [0.15, 0.2) is 0 Å².